The number of carbonyl (C=O) groups excluding carboxylic acids is 1. The highest BCUT2D eigenvalue weighted by molar-refractivity contribution is 7.56. The van der Waals surface area contributed by atoms with Crippen molar-refractivity contribution < 1.29 is 23.4 Å². The van der Waals surface area contributed by atoms with Gasteiger partial charge < -0.3 is 24.3 Å². The van der Waals surface area contributed by atoms with Gasteiger partial charge in [-0.05, 0) is 33.3 Å². The number of nitrogens with one attached hydrogen (secondary N) is 1. The molecule has 0 aliphatic rings. The summed E-state index contributed by atoms with van der Waals surface area (Å²) in [4.78, 5) is 24.7. The number of hydrogen-bond acceptors (Lipinski definition) is 9. The van der Waals surface area contributed by atoms with Gasteiger partial charge in [-0.25, -0.2) is 20.0 Å². The van der Waals surface area contributed by atoms with Crippen LogP contribution in [0.25, 0.3) is 11.2 Å². The minimum Gasteiger partial charge on any atom is -0.462 e. The van der Waals surface area contributed by atoms with Crippen molar-refractivity contribution in [1.29, 1.82) is 0 Å². The van der Waals surface area contributed by atoms with E-state index in [9.17, 15) is 9.36 Å². The summed E-state index contributed by atoms with van der Waals surface area (Å²) in [6.45, 7) is 7.38. The third kappa shape index (κ3) is 7.07. The van der Waals surface area contributed by atoms with Crippen molar-refractivity contribution >= 4 is 30.5 Å². The number of ether oxygens (including phenoxy) is 2. The van der Waals surface area contributed by atoms with Crippen LogP contribution in [-0.2, 0) is 36.5 Å². The van der Waals surface area contributed by atoms with Crippen LogP contribution in [-0.4, -0.2) is 50.1 Å². The van der Waals surface area contributed by atoms with Crippen LogP contribution in [0.15, 0.2) is 43.0 Å². The second-order valence-corrected chi connectivity index (χ2v) is 10.3. The standard InChI is InChI=1S/C22H31N6O5P/c1-15(2)33-22(29)17(4)27-34(30,32-11-18-8-6-5-7-9-18)14-31-16(3)10-28-13-26-19-20(23)24-12-25-21(19)28/h5-9,12-13,15-17H,10-11,14H2,1-4H3,(H,27,30)(H2,23,24,25)/t16-,17+,34+/m1/s1. The minimum absolute atomic E-state index is 0.0944. The van der Waals surface area contributed by atoms with E-state index in [0.717, 1.165) is 5.56 Å². The maximum Gasteiger partial charge on any atom is 0.323 e. The molecule has 34 heavy (non-hydrogen) atoms. The fraction of sp³-hybridized carbons (Fsp3) is 0.455. The zero-order valence-corrected chi connectivity index (χ0v) is 20.6. The minimum atomic E-state index is -3.58. The Balaban J connectivity index is 1.67. The number of nitrogens with zero attached hydrogens (tertiary/aromatic N) is 4. The van der Waals surface area contributed by atoms with Crippen LogP contribution in [0.4, 0.5) is 5.82 Å². The number of benzene rings is 1. The summed E-state index contributed by atoms with van der Waals surface area (Å²) in [5, 5.41) is 2.80. The van der Waals surface area contributed by atoms with Gasteiger partial charge in [0, 0.05) is 0 Å². The Kier molecular flexibility index (Phi) is 8.73. The highest BCUT2D eigenvalue weighted by atomic mass is 31.2. The van der Waals surface area contributed by atoms with Gasteiger partial charge in [-0.2, -0.15) is 0 Å². The molecule has 12 heteroatoms. The molecule has 0 unspecified atom stereocenters. The van der Waals surface area contributed by atoms with Crippen LogP contribution in [0.3, 0.4) is 0 Å². The number of hydrogen-bond donors (Lipinski definition) is 2. The number of fused-ring (bicyclic) bond motifs is 1. The molecular weight excluding hydrogens is 459 g/mol. The summed E-state index contributed by atoms with van der Waals surface area (Å²) >= 11 is 0. The molecule has 0 aliphatic heterocycles. The summed E-state index contributed by atoms with van der Waals surface area (Å²) in [5.74, 6) is -0.226. The van der Waals surface area contributed by atoms with Gasteiger partial charge in [0.1, 0.15) is 24.2 Å². The number of imidazole rings is 1. The molecular formula is C22H31N6O5P. The lowest BCUT2D eigenvalue weighted by Gasteiger charge is -2.25. The van der Waals surface area contributed by atoms with Gasteiger partial charge in [0.2, 0.25) is 0 Å². The Bertz CT molecular complexity index is 1140. The molecule has 3 rings (SSSR count). The largest absolute Gasteiger partial charge is 0.462 e. The molecule has 0 spiro atoms. The topological polar surface area (TPSA) is 143 Å². The maximum atomic E-state index is 13.6. The van der Waals surface area contributed by atoms with Crippen LogP contribution in [0, 0.1) is 0 Å². The van der Waals surface area contributed by atoms with Crippen molar-refractivity contribution in [2.45, 2.75) is 59.1 Å². The number of esters is 1. The summed E-state index contributed by atoms with van der Waals surface area (Å²) < 4.78 is 32.3. The molecule has 0 bridgehead atoms. The van der Waals surface area contributed by atoms with Gasteiger partial charge in [-0.1, -0.05) is 30.3 Å². The van der Waals surface area contributed by atoms with Crippen molar-refractivity contribution in [3.05, 3.63) is 48.5 Å². The van der Waals surface area contributed by atoms with Crippen LogP contribution in [0.2, 0.25) is 0 Å². The SMILES string of the molecule is CC(C)OC(=O)[C@H](C)N[P@](=O)(CO[C@H](C)Cn1cnc2c(N)ncnc21)OCc1ccccc1. The third-order valence-electron chi connectivity index (χ3n) is 4.79. The molecule has 0 saturated carbocycles. The van der Waals surface area contributed by atoms with Gasteiger partial charge in [-0.3, -0.25) is 9.36 Å². The van der Waals surface area contributed by atoms with E-state index in [2.05, 4.69) is 20.0 Å². The van der Waals surface area contributed by atoms with Gasteiger partial charge in [0.05, 0.1) is 31.7 Å². The summed E-state index contributed by atoms with van der Waals surface area (Å²) in [5.41, 5.74) is 7.77. The van der Waals surface area contributed by atoms with Crippen molar-refractivity contribution in [3.8, 4) is 0 Å². The molecule has 11 nitrogen and oxygen atoms in total. The average molecular weight is 491 g/mol. The number of rotatable bonds is 12. The zero-order valence-electron chi connectivity index (χ0n) is 19.7. The van der Waals surface area contributed by atoms with Gasteiger partial charge in [0.15, 0.2) is 11.5 Å². The second-order valence-electron chi connectivity index (χ2n) is 8.20. The lowest BCUT2D eigenvalue weighted by molar-refractivity contribution is -0.149. The third-order valence-corrected chi connectivity index (χ3v) is 6.61. The lowest BCUT2D eigenvalue weighted by atomic mass is 10.2. The van der Waals surface area contributed by atoms with E-state index in [1.807, 2.05) is 37.3 Å². The van der Waals surface area contributed by atoms with Crippen molar-refractivity contribution in [2.24, 2.45) is 0 Å². The van der Waals surface area contributed by atoms with Crippen LogP contribution in [0.5, 0.6) is 0 Å². The summed E-state index contributed by atoms with van der Waals surface area (Å²) in [6, 6.07) is 8.49. The first kappa shape index (κ1) is 25.8. The van der Waals surface area contributed by atoms with E-state index >= 15 is 0 Å². The summed E-state index contributed by atoms with van der Waals surface area (Å²) in [7, 11) is -3.58. The van der Waals surface area contributed by atoms with Crippen molar-refractivity contribution in [1.82, 2.24) is 24.6 Å². The molecule has 1 aromatic carbocycles. The monoisotopic (exact) mass is 490 g/mol. The molecule has 3 N–H and O–H groups in total. The van der Waals surface area contributed by atoms with Gasteiger partial charge in [-0.15, -0.1) is 0 Å². The molecule has 2 aromatic heterocycles. The van der Waals surface area contributed by atoms with Crippen molar-refractivity contribution in [2.75, 3.05) is 12.1 Å². The molecule has 0 saturated heterocycles. The lowest BCUT2D eigenvalue weighted by Crippen LogP contribution is -2.36. The smallest absolute Gasteiger partial charge is 0.323 e. The molecule has 0 amide bonds. The number of nitrogens with two attached hydrogens (primary N) is 1. The Morgan fingerprint density at radius 2 is 1.88 bits per heavy atom. The quantitative estimate of drug-likeness (QED) is 0.287. The maximum absolute atomic E-state index is 13.6. The first-order chi connectivity index (χ1) is 16.2. The van der Waals surface area contributed by atoms with Crippen LogP contribution < -0.4 is 10.8 Å². The molecule has 0 radical (unpaired) electrons. The van der Waals surface area contributed by atoms with E-state index in [1.54, 1.807) is 31.7 Å². The predicted octanol–water partition coefficient (Wildman–Crippen LogP) is 3.11. The number of carbonyl (C=O) groups is 1. The Hall–Kier alpha value is -2.85. The van der Waals surface area contributed by atoms with E-state index < -0.39 is 19.5 Å². The average Bonchev–Trinajstić information content (AvgIpc) is 3.21. The van der Waals surface area contributed by atoms with E-state index in [1.165, 1.54) is 6.33 Å². The molecule has 0 fully saturated rings. The number of nitrogen functional groups attached to an aromatic ring is 1. The molecule has 2 heterocycles. The fourth-order valence-corrected chi connectivity index (χ4v) is 4.86. The zero-order chi connectivity index (χ0) is 24.7. The van der Waals surface area contributed by atoms with Crippen molar-refractivity contribution in [3.63, 3.8) is 0 Å². The molecule has 184 valence electrons. The van der Waals surface area contributed by atoms with Crippen LogP contribution in [0.1, 0.15) is 33.3 Å². The van der Waals surface area contributed by atoms with Gasteiger partial charge in [0.25, 0.3) is 7.52 Å². The van der Waals surface area contributed by atoms with E-state index in [0.29, 0.717) is 23.5 Å². The summed E-state index contributed by atoms with van der Waals surface area (Å²) in [6.07, 6.45) is 2.06. The highest BCUT2D eigenvalue weighted by Crippen LogP contribution is 2.44. The Morgan fingerprint density at radius 1 is 1.15 bits per heavy atom. The molecule has 3 atom stereocenters. The Labute approximate surface area is 198 Å². The highest BCUT2D eigenvalue weighted by Gasteiger charge is 2.31. The second kappa shape index (κ2) is 11.5. The predicted molar refractivity (Wildman–Crippen MR) is 128 cm³/mol. The fourth-order valence-electron chi connectivity index (χ4n) is 3.13. The normalized spacial score (nSPS) is 15.2. The number of aromatic nitrogens is 4. The first-order valence-corrected chi connectivity index (χ1v) is 12.8. The molecule has 3 aromatic rings. The van der Waals surface area contributed by atoms with Gasteiger partial charge >= 0.3 is 5.97 Å². The van der Waals surface area contributed by atoms with E-state index in [-0.39, 0.29) is 25.2 Å². The molecule has 0 aliphatic carbocycles. The van der Waals surface area contributed by atoms with Crippen LogP contribution >= 0.6 is 7.52 Å². The first-order valence-electron chi connectivity index (χ1n) is 11.0. The Morgan fingerprint density at radius 3 is 2.59 bits per heavy atom. The number of anilines is 1. The van der Waals surface area contributed by atoms with E-state index in [4.69, 9.17) is 19.7 Å².